The summed E-state index contributed by atoms with van der Waals surface area (Å²) in [6.45, 7) is 4.57. The topological polar surface area (TPSA) is 78.5 Å². The van der Waals surface area contributed by atoms with Gasteiger partial charge in [-0.05, 0) is 44.0 Å². The number of amides is 4. The Labute approximate surface area is 152 Å². The summed E-state index contributed by atoms with van der Waals surface area (Å²) in [5.74, 6) is -0.546. The van der Waals surface area contributed by atoms with E-state index in [9.17, 15) is 14.4 Å². The molecule has 0 fully saturated rings. The number of benzene rings is 2. The SMILES string of the molecule is Cc1ccc(NC(=O)NCCCN2C(=O)c3ccccc3C2=O)c(C)c1. The zero-order valence-corrected chi connectivity index (χ0v) is 14.8. The summed E-state index contributed by atoms with van der Waals surface area (Å²) < 4.78 is 0. The van der Waals surface area contributed by atoms with Crippen molar-refractivity contribution in [2.75, 3.05) is 18.4 Å². The maximum absolute atomic E-state index is 12.2. The summed E-state index contributed by atoms with van der Waals surface area (Å²) in [5.41, 5.74) is 3.77. The highest BCUT2D eigenvalue weighted by Gasteiger charge is 2.34. The van der Waals surface area contributed by atoms with Crippen LogP contribution in [0.25, 0.3) is 0 Å². The van der Waals surface area contributed by atoms with Crippen molar-refractivity contribution in [2.24, 2.45) is 0 Å². The molecule has 1 heterocycles. The Kier molecular flexibility index (Phi) is 5.02. The van der Waals surface area contributed by atoms with E-state index in [1.165, 1.54) is 4.90 Å². The van der Waals surface area contributed by atoms with Crippen LogP contribution in [0.2, 0.25) is 0 Å². The van der Waals surface area contributed by atoms with Crippen LogP contribution in [0.15, 0.2) is 42.5 Å². The Balaban J connectivity index is 1.47. The number of aryl methyl sites for hydroxylation is 2. The van der Waals surface area contributed by atoms with E-state index in [0.29, 0.717) is 24.1 Å². The minimum Gasteiger partial charge on any atom is -0.338 e. The number of anilines is 1. The van der Waals surface area contributed by atoms with Gasteiger partial charge in [0.2, 0.25) is 0 Å². The van der Waals surface area contributed by atoms with Gasteiger partial charge in [-0.15, -0.1) is 0 Å². The molecule has 134 valence electrons. The molecule has 3 rings (SSSR count). The van der Waals surface area contributed by atoms with Crippen LogP contribution < -0.4 is 10.6 Å². The molecule has 1 aliphatic rings. The Morgan fingerprint density at radius 3 is 2.27 bits per heavy atom. The van der Waals surface area contributed by atoms with Gasteiger partial charge in [-0.2, -0.15) is 0 Å². The molecular weight excluding hydrogens is 330 g/mol. The van der Waals surface area contributed by atoms with Gasteiger partial charge in [0.1, 0.15) is 0 Å². The number of hydrogen-bond donors (Lipinski definition) is 2. The second kappa shape index (κ2) is 7.39. The molecule has 4 amide bonds. The number of nitrogens with one attached hydrogen (secondary N) is 2. The fourth-order valence-corrected chi connectivity index (χ4v) is 3.00. The molecule has 0 aromatic heterocycles. The Morgan fingerprint density at radius 1 is 1.00 bits per heavy atom. The van der Waals surface area contributed by atoms with Gasteiger partial charge in [-0.3, -0.25) is 14.5 Å². The first kappa shape index (κ1) is 17.7. The van der Waals surface area contributed by atoms with E-state index < -0.39 is 0 Å². The maximum atomic E-state index is 12.2. The molecule has 6 heteroatoms. The van der Waals surface area contributed by atoms with Crippen molar-refractivity contribution in [2.45, 2.75) is 20.3 Å². The van der Waals surface area contributed by atoms with Crippen LogP contribution in [0, 0.1) is 13.8 Å². The zero-order valence-electron chi connectivity index (χ0n) is 14.8. The Morgan fingerprint density at radius 2 is 1.65 bits per heavy atom. The third kappa shape index (κ3) is 3.59. The van der Waals surface area contributed by atoms with E-state index in [4.69, 9.17) is 0 Å². The summed E-state index contributed by atoms with van der Waals surface area (Å²) in [6, 6.07) is 12.3. The molecule has 0 bridgehead atoms. The average Bonchev–Trinajstić information content (AvgIpc) is 2.86. The van der Waals surface area contributed by atoms with Crippen molar-refractivity contribution in [3.63, 3.8) is 0 Å². The molecule has 0 radical (unpaired) electrons. The minimum atomic E-state index is -0.306. The summed E-state index contributed by atoms with van der Waals surface area (Å²) >= 11 is 0. The standard InChI is InChI=1S/C20H21N3O3/c1-13-8-9-17(14(2)12-13)22-20(26)21-10-5-11-23-18(24)15-6-3-4-7-16(15)19(23)25/h3-4,6-9,12H,5,10-11H2,1-2H3,(H2,21,22,26). The van der Waals surface area contributed by atoms with Crippen LogP contribution >= 0.6 is 0 Å². The molecule has 2 aromatic carbocycles. The maximum Gasteiger partial charge on any atom is 0.319 e. The van der Waals surface area contributed by atoms with Crippen LogP contribution in [0.4, 0.5) is 10.5 Å². The summed E-state index contributed by atoms with van der Waals surface area (Å²) in [6.07, 6.45) is 0.492. The van der Waals surface area contributed by atoms with Crippen molar-refractivity contribution in [3.05, 3.63) is 64.7 Å². The van der Waals surface area contributed by atoms with Crippen molar-refractivity contribution in [3.8, 4) is 0 Å². The molecular formula is C20H21N3O3. The molecule has 0 unspecified atom stereocenters. The average molecular weight is 351 g/mol. The molecule has 2 N–H and O–H groups in total. The van der Waals surface area contributed by atoms with Crippen molar-refractivity contribution < 1.29 is 14.4 Å². The highest BCUT2D eigenvalue weighted by molar-refractivity contribution is 6.21. The first-order valence-corrected chi connectivity index (χ1v) is 8.54. The molecule has 2 aromatic rings. The van der Waals surface area contributed by atoms with Crippen LogP contribution in [-0.2, 0) is 0 Å². The van der Waals surface area contributed by atoms with Gasteiger partial charge >= 0.3 is 6.03 Å². The molecule has 6 nitrogen and oxygen atoms in total. The normalized spacial score (nSPS) is 12.9. The van der Waals surface area contributed by atoms with E-state index in [1.807, 2.05) is 32.0 Å². The van der Waals surface area contributed by atoms with E-state index in [1.54, 1.807) is 24.3 Å². The van der Waals surface area contributed by atoms with Crippen LogP contribution in [0.1, 0.15) is 38.3 Å². The van der Waals surface area contributed by atoms with E-state index >= 15 is 0 Å². The largest absolute Gasteiger partial charge is 0.338 e. The predicted molar refractivity (Wildman–Crippen MR) is 99.4 cm³/mol. The lowest BCUT2D eigenvalue weighted by atomic mass is 10.1. The van der Waals surface area contributed by atoms with Gasteiger partial charge in [0.15, 0.2) is 0 Å². The molecule has 1 aliphatic heterocycles. The van der Waals surface area contributed by atoms with Crippen molar-refractivity contribution in [1.82, 2.24) is 10.2 Å². The Hall–Kier alpha value is -3.15. The van der Waals surface area contributed by atoms with Gasteiger partial charge in [0.05, 0.1) is 11.1 Å². The third-order valence-corrected chi connectivity index (χ3v) is 4.35. The number of carbonyl (C=O) groups is 3. The summed E-state index contributed by atoms with van der Waals surface area (Å²) in [7, 11) is 0. The van der Waals surface area contributed by atoms with E-state index in [-0.39, 0.29) is 24.4 Å². The van der Waals surface area contributed by atoms with Gasteiger partial charge in [-0.25, -0.2) is 4.79 Å². The van der Waals surface area contributed by atoms with E-state index in [0.717, 1.165) is 16.8 Å². The van der Waals surface area contributed by atoms with Gasteiger partial charge in [0.25, 0.3) is 11.8 Å². The second-order valence-electron chi connectivity index (χ2n) is 6.36. The smallest absolute Gasteiger partial charge is 0.319 e. The number of hydrogen-bond acceptors (Lipinski definition) is 3. The van der Waals surface area contributed by atoms with Crippen LogP contribution in [-0.4, -0.2) is 35.8 Å². The number of nitrogens with zero attached hydrogens (tertiary/aromatic N) is 1. The molecule has 0 saturated carbocycles. The molecule has 0 spiro atoms. The number of fused-ring (bicyclic) bond motifs is 1. The van der Waals surface area contributed by atoms with Gasteiger partial charge < -0.3 is 10.6 Å². The fraction of sp³-hybridized carbons (Fsp3) is 0.250. The number of rotatable bonds is 5. The van der Waals surface area contributed by atoms with Crippen LogP contribution in [0.5, 0.6) is 0 Å². The summed E-state index contributed by atoms with van der Waals surface area (Å²) in [4.78, 5) is 37.7. The number of carbonyl (C=O) groups excluding carboxylic acids is 3. The lowest BCUT2D eigenvalue weighted by molar-refractivity contribution is 0.0653. The molecule has 0 atom stereocenters. The highest BCUT2D eigenvalue weighted by atomic mass is 16.2. The number of urea groups is 1. The highest BCUT2D eigenvalue weighted by Crippen LogP contribution is 2.22. The van der Waals surface area contributed by atoms with E-state index in [2.05, 4.69) is 10.6 Å². The van der Waals surface area contributed by atoms with Crippen molar-refractivity contribution in [1.29, 1.82) is 0 Å². The van der Waals surface area contributed by atoms with Gasteiger partial charge in [-0.1, -0.05) is 29.8 Å². The van der Waals surface area contributed by atoms with Gasteiger partial charge in [0, 0.05) is 18.8 Å². The lowest BCUT2D eigenvalue weighted by Gasteiger charge is -2.14. The monoisotopic (exact) mass is 351 g/mol. The molecule has 0 aliphatic carbocycles. The molecule has 26 heavy (non-hydrogen) atoms. The van der Waals surface area contributed by atoms with Crippen molar-refractivity contribution >= 4 is 23.5 Å². The first-order valence-electron chi connectivity index (χ1n) is 8.54. The third-order valence-electron chi connectivity index (χ3n) is 4.35. The quantitative estimate of drug-likeness (QED) is 0.642. The lowest BCUT2D eigenvalue weighted by Crippen LogP contribution is -2.35. The fourth-order valence-electron chi connectivity index (χ4n) is 3.00. The predicted octanol–water partition coefficient (Wildman–Crippen LogP) is 3.11. The molecule has 0 saturated heterocycles. The second-order valence-corrected chi connectivity index (χ2v) is 6.36. The summed E-state index contributed by atoms with van der Waals surface area (Å²) in [5, 5.41) is 5.55. The zero-order chi connectivity index (χ0) is 18.7. The minimum absolute atomic E-state index is 0.273. The first-order chi connectivity index (χ1) is 12.5. The number of imide groups is 1. The van der Waals surface area contributed by atoms with Crippen LogP contribution in [0.3, 0.4) is 0 Å². The Bertz CT molecular complexity index is 841.